The second-order valence-corrected chi connectivity index (χ2v) is 8.42. The highest BCUT2D eigenvalue weighted by Crippen LogP contribution is 2.27. The molecule has 1 aliphatic heterocycles. The van der Waals surface area contributed by atoms with Gasteiger partial charge in [0.2, 0.25) is 5.88 Å². The Hall–Kier alpha value is -5.04. The summed E-state index contributed by atoms with van der Waals surface area (Å²) in [6.45, 7) is 0.983. The number of nitrogens with one attached hydrogen (secondary N) is 1. The van der Waals surface area contributed by atoms with Crippen molar-refractivity contribution in [2.45, 2.75) is 0 Å². The highest BCUT2D eigenvalue weighted by atomic mass is 19.1. The zero-order chi connectivity index (χ0) is 25.9. The molecule has 3 aromatic carbocycles. The summed E-state index contributed by atoms with van der Waals surface area (Å²) in [7, 11) is 0. The van der Waals surface area contributed by atoms with Gasteiger partial charge in [-0.1, -0.05) is 18.2 Å². The average molecular weight is 497 g/mol. The maximum Gasteiger partial charge on any atom is 0.272 e. The summed E-state index contributed by atoms with van der Waals surface area (Å²) in [4.78, 5) is 41.0. The summed E-state index contributed by atoms with van der Waals surface area (Å²) in [5.41, 5.74) is 0.251. The molecule has 9 nitrogen and oxygen atoms in total. The van der Waals surface area contributed by atoms with Gasteiger partial charge in [-0.3, -0.25) is 14.4 Å². The van der Waals surface area contributed by atoms with Crippen LogP contribution in [0.15, 0.2) is 71.5 Å². The lowest BCUT2D eigenvalue weighted by atomic mass is 10.1. The minimum absolute atomic E-state index is 0.118. The Morgan fingerprint density at radius 1 is 0.919 bits per heavy atom. The first-order valence-corrected chi connectivity index (χ1v) is 11.5. The molecule has 1 N–H and O–H groups in total. The van der Waals surface area contributed by atoms with Crippen LogP contribution in [0.2, 0.25) is 0 Å². The van der Waals surface area contributed by atoms with E-state index in [4.69, 9.17) is 10.00 Å². The molecule has 1 fully saturated rings. The largest absolute Gasteiger partial charge is 0.437 e. The number of halogens is 1. The fourth-order valence-corrected chi connectivity index (χ4v) is 4.20. The van der Waals surface area contributed by atoms with Crippen molar-refractivity contribution in [1.29, 1.82) is 5.26 Å². The molecule has 0 unspecified atom stereocenters. The lowest BCUT2D eigenvalue weighted by Gasteiger charge is -2.35. The van der Waals surface area contributed by atoms with Crippen LogP contribution in [0.4, 0.5) is 4.39 Å². The number of benzene rings is 3. The summed E-state index contributed by atoms with van der Waals surface area (Å²) in [5, 5.41) is 16.2. The Balaban J connectivity index is 1.30. The molecule has 0 atom stereocenters. The van der Waals surface area contributed by atoms with E-state index in [9.17, 15) is 18.8 Å². The number of aromatic amines is 1. The maximum absolute atomic E-state index is 14.7. The van der Waals surface area contributed by atoms with E-state index in [0.29, 0.717) is 21.9 Å². The van der Waals surface area contributed by atoms with Crippen molar-refractivity contribution in [2.75, 3.05) is 26.2 Å². The molecule has 1 aromatic heterocycles. The number of hydrogen-bond donors (Lipinski definition) is 1. The first kappa shape index (κ1) is 23.7. The quantitative estimate of drug-likeness (QED) is 0.462. The predicted molar refractivity (Wildman–Crippen MR) is 132 cm³/mol. The zero-order valence-corrected chi connectivity index (χ0v) is 19.5. The molecule has 2 amide bonds. The standard InChI is InChI=1S/C27H20FN5O4/c28-23-9-8-19(37-25-21-7-2-1-6-20(21)24(34)30-31-25)15-22(23)27(36)33-12-10-32(11-13-33)26(35)18-5-3-4-17(14-18)16-29/h1-9,14-15H,10-13H2,(H,30,34). The number of amides is 2. The Morgan fingerprint density at radius 2 is 1.62 bits per heavy atom. The number of rotatable bonds is 4. The van der Waals surface area contributed by atoms with Gasteiger partial charge in [0, 0.05) is 31.7 Å². The van der Waals surface area contributed by atoms with Gasteiger partial charge in [0.05, 0.1) is 28.0 Å². The number of fused-ring (bicyclic) bond motifs is 1. The highest BCUT2D eigenvalue weighted by molar-refractivity contribution is 5.96. The molecule has 37 heavy (non-hydrogen) atoms. The number of hydrogen-bond acceptors (Lipinski definition) is 6. The van der Waals surface area contributed by atoms with Gasteiger partial charge in [-0.05, 0) is 48.5 Å². The first-order valence-electron chi connectivity index (χ1n) is 11.5. The van der Waals surface area contributed by atoms with Gasteiger partial charge in [0.15, 0.2) is 0 Å². The van der Waals surface area contributed by atoms with Crippen LogP contribution in [0.1, 0.15) is 26.3 Å². The van der Waals surface area contributed by atoms with Crippen LogP contribution < -0.4 is 10.3 Å². The fourth-order valence-electron chi connectivity index (χ4n) is 4.20. The van der Waals surface area contributed by atoms with E-state index in [2.05, 4.69) is 10.2 Å². The second kappa shape index (κ2) is 9.91. The number of piperazine rings is 1. The Bertz CT molecular complexity index is 1620. The second-order valence-electron chi connectivity index (χ2n) is 8.42. The van der Waals surface area contributed by atoms with Crippen LogP contribution in [0.3, 0.4) is 0 Å². The van der Waals surface area contributed by atoms with E-state index in [1.165, 1.54) is 23.1 Å². The smallest absolute Gasteiger partial charge is 0.272 e. The molecule has 4 aromatic rings. The Labute approximate surface area is 210 Å². The minimum Gasteiger partial charge on any atom is -0.437 e. The average Bonchev–Trinajstić information content (AvgIpc) is 2.95. The molecule has 1 aliphatic rings. The maximum atomic E-state index is 14.7. The van der Waals surface area contributed by atoms with Crippen LogP contribution >= 0.6 is 0 Å². The van der Waals surface area contributed by atoms with Gasteiger partial charge < -0.3 is 14.5 Å². The summed E-state index contributed by atoms with van der Waals surface area (Å²) in [6, 6.07) is 19.0. The van der Waals surface area contributed by atoms with Crippen molar-refractivity contribution >= 4 is 22.6 Å². The third-order valence-corrected chi connectivity index (χ3v) is 6.14. The third-order valence-electron chi connectivity index (χ3n) is 6.14. The third kappa shape index (κ3) is 4.75. The molecule has 1 saturated heterocycles. The molecule has 2 heterocycles. The van der Waals surface area contributed by atoms with Crippen molar-refractivity contribution in [1.82, 2.24) is 20.0 Å². The number of ether oxygens (including phenoxy) is 1. The van der Waals surface area contributed by atoms with Gasteiger partial charge in [0.25, 0.3) is 17.4 Å². The van der Waals surface area contributed by atoms with Gasteiger partial charge in [0.1, 0.15) is 11.6 Å². The molecule has 0 saturated carbocycles. The topological polar surface area (TPSA) is 119 Å². The number of nitrogens with zero attached hydrogens (tertiary/aromatic N) is 4. The van der Waals surface area contributed by atoms with Gasteiger partial charge in [-0.25, -0.2) is 9.49 Å². The van der Waals surface area contributed by atoms with Crippen LogP contribution in [-0.4, -0.2) is 58.0 Å². The summed E-state index contributed by atoms with van der Waals surface area (Å²) < 4.78 is 20.5. The molecular weight excluding hydrogens is 477 g/mol. The molecular formula is C27H20FN5O4. The minimum atomic E-state index is -0.705. The van der Waals surface area contributed by atoms with Crippen molar-refractivity contribution < 1.29 is 18.7 Å². The lowest BCUT2D eigenvalue weighted by molar-refractivity contribution is 0.0532. The van der Waals surface area contributed by atoms with E-state index < -0.39 is 11.7 Å². The molecule has 0 bridgehead atoms. The van der Waals surface area contributed by atoms with Crippen LogP contribution in [0.25, 0.3) is 10.8 Å². The molecule has 0 radical (unpaired) electrons. The molecule has 10 heteroatoms. The lowest BCUT2D eigenvalue weighted by Crippen LogP contribution is -2.50. The van der Waals surface area contributed by atoms with Crippen molar-refractivity contribution in [3.05, 3.63) is 99.6 Å². The molecule has 0 aliphatic carbocycles. The van der Waals surface area contributed by atoms with Gasteiger partial charge in [-0.15, -0.1) is 5.10 Å². The Kier molecular flexibility index (Phi) is 6.34. The summed E-state index contributed by atoms with van der Waals surface area (Å²) in [6.07, 6.45) is 0. The van der Waals surface area contributed by atoms with Crippen LogP contribution in [0.5, 0.6) is 11.6 Å². The number of carbonyl (C=O) groups is 2. The summed E-state index contributed by atoms with van der Waals surface area (Å²) >= 11 is 0. The fraction of sp³-hybridized carbons (Fsp3) is 0.148. The van der Waals surface area contributed by atoms with E-state index in [-0.39, 0.29) is 54.8 Å². The van der Waals surface area contributed by atoms with E-state index >= 15 is 0 Å². The normalized spacial score (nSPS) is 13.3. The number of nitriles is 1. The van der Waals surface area contributed by atoms with E-state index in [1.54, 1.807) is 47.4 Å². The van der Waals surface area contributed by atoms with Gasteiger partial charge in [-0.2, -0.15) is 5.26 Å². The van der Waals surface area contributed by atoms with Crippen molar-refractivity contribution in [2.24, 2.45) is 0 Å². The van der Waals surface area contributed by atoms with Crippen molar-refractivity contribution in [3.63, 3.8) is 0 Å². The highest BCUT2D eigenvalue weighted by Gasteiger charge is 2.27. The zero-order valence-electron chi connectivity index (χ0n) is 19.5. The van der Waals surface area contributed by atoms with E-state index in [1.807, 2.05) is 6.07 Å². The van der Waals surface area contributed by atoms with Crippen LogP contribution in [-0.2, 0) is 0 Å². The van der Waals surface area contributed by atoms with Crippen LogP contribution in [0, 0.1) is 17.1 Å². The summed E-state index contributed by atoms with van der Waals surface area (Å²) in [5.74, 6) is -1.16. The number of aromatic nitrogens is 2. The molecule has 5 rings (SSSR count). The molecule has 184 valence electrons. The first-order chi connectivity index (χ1) is 17.9. The van der Waals surface area contributed by atoms with Crippen molar-refractivity contribution in [3.8, 4) is 17.7 Å². The molecule has 0 spiro atoms. The van der Waals surface area contributed by atoms with Gasteiger partial charge >= 0.3 is 0 Å². The monoisotopic (exact) mass is 497 g/mol. The number of carbonyl (C=O) groups excluding carboxylic acids is 2. The Morgan fingerprint density at radius 3 is 2.35 bits per heavy atom. The van der Waals surface area contributed by atoms with E-state index in [0.717, 1.165) is 6.07 Å². The SMILES string of the molecule is N#Cc1cccc(C(=O)N2CCN(C(=O)c3cc(Oc4n[nH]c(=O)c5ccccc45)ccc3F)CC2)c1. The number of H-pyrrole nitrogens is 1. The predicted octanol–water partition coefficient (Wildman–Crippen LogP) is 3.32.